The number of nitrogens with one attached hydrogen (secondary N) is 1. The van der Waals surface area contributed by atoms with Gasteiger partial charge in [0.25, 0.3) is 5.91 Å². The van der Waals surface area contributed by atoms with Crippen molar-refractivity contribution >= 4 is 50.8 Å². The fourth-order valence-corrected chi connectivity index (χ4v) is 4.49. The molecule has 2 aromatic heterocycles. The highest BCUT2D eigenvalue weighted by Crippen LogP contribution is 2.35. The summed E-state index contributed by atoms with van der Waals surface area (Å²) >= 11 is 7.63. The number of amides is 1. The van der Waals surface area contributed by atoms with Crippen LogP contribution >= 0.6 is 22.9 Å². The number of aromatic nitrogens is 2. The van der Waals surface area contributed by atoms with Gasteiger partial charge in [-0.05, 0) is 29.8 Å². The van der Waals surface area contributed by atoms with Crippen molar-refractivity contribution in [3.63, 3.8) is 0 Å². The Kier molecular flexibility index (Phi) is 6.15. The second-order valence-electron chi connectivity index (χ2n) is 6.66. The normalized spacial score (nSPS) is 11.2. The number of nitrogens with zero attached hydrogens (tertiary/aromatic N) is 4. The van der Waals surface area contributed by atoms with E-state index in [-0.39, 0.29) is 12.2 Å². The summed E-state index contributed by atoms with van der Waals surface area (Å²) in [4.78, 5) is 23.3. The molecule has 2 heterocycles. The molecule has 32 heavy (non-hydrogen) atoms. The number of fused-ring (bicyclic) bond motifs is 1. The molecule has 0 saturated carbocycles. The lowest BCUT2D eigenvalue weighted by Crippen LogP contribution is -2.16. The van der Waals surface area contributed by atoms with Crippen molar-refractivity contribution in [2.75, 3.05) is 7.11 Å². The first-order valence-corrected chi connectivity index (χ1v) is 10.5. The predicted octanol–water partition coefficient (Wildman–Crippen LogP) is 4.48. The van der Waals surface area contributed by atoms with E-state index >= 15 is 0 Å². The average Bonchev–Trinajstić information content (AvgIpc) is 3.39. The first kappa shape index (κ1) is 21.5. The molecule has 0 radical (unpaired) electrons. The predicted molar refractivity (Wildman–Crippen MR) is 123 cm³/mol. The van der Waals surface area contributed by atoms with E-state index in [1.165, 1.54) is 41.7 Å². The number of thiophene rings is 1. The molecule has 0 aliphatic carbocycles. The van der Waals surface area contributed by atoms with E-state index in [0.29, 0.717) is 21.2 Å². The summed E-state index contributed by atoms with van der Waals surface area (Å²) in [5.74, 6) is 0.200. The zero-order valence-electron chi connectivity index (χ0n) is 16.7. The number of halogens is 1. The molecule has 0 unspecified atom stereocenters. The number of methoxy groups -OCH3 is 1. The Bertz CT molecular complexity index is 1350. The number of benzene rings is 2. The lowest BCUT2D eigenvalue weighted by molar-refractivity contribution is -0.385. The van der Waals surface area contributed by atoms with Crippen molar-refractivity contribution < 1.29 is 14.5 Å². The molecule has 0 fully saturated rings. The van der Waals surface area contributed by atoms with Gasteiger partial charge in [-0.2, -0.15) is 10.2 Å². The second-order valence-corrected chi connectivity index (χ2v) is 8.10. The van der Waals surface area contributed by atoms with E-state index in [9.17, 15) is 14.9 Å². The minimum absolute atomic E-state index is 0.0932. The SMILES string of the molecule is COc1ccc(/C=N\NC(=O)c2sc3ccccc3c2Cl)cc1Cn1cc([N+](=O)[O-])cn1. The van der Waals surface area contributed by atoms with Crippen LogP contribution in [0.2, 0.25) is 5.02 Å². The number of rotatable bonds is 7. The van der Waals surface area contributed by atoms with Crippen LogP contribution in [0.4, 0.5) is 5.69 Å². The summed E-state index contributed by atoms with van der Waals surface area (Å²) in [6.45, 7) is 0.266. The summed E-state index contributed by atoms with van der Waals surface area (Å²) in [5.41, 5.74) is 3.85. The molecular formula is C21H16ClN5O4S. The number of nitro groups is 1. The van der Waals surface area contributed by atoms with Gasteiger partial charge in [-0.15, -0.1) is 11.3 Å². The molecule has 2 aromatic carbocycles. The Hall–Kier alpha value is -3.76. The van der Waals surface area contributed by atoms with Gasteiger partial charge in [-0.1, -0.05) is 29.8 Å². The third-order valence-corrected chi connectivity index (χ3v) is 6.26. The van der Waals surface area contributed by atoms with Gasteiger partial charge in [-0.25, -0.2) is 5.43 Å². The molecular weight excluding hydrogens is 454 g/mol. The van der Waals surface area contributed by atoms with Crippen LogP contribution in [-0.2, 0) is 6.54 Å². The van der Waals surface area contributed by atoms with Crippen molar-refractivity contribution in [3.8, 4) is 5.75 Å². The van der Waals surface area contributed by atoms with Crippen LogP contribution in [0.15, 0.2) is 60.0 Å². The minimum Gasteiger partial charge on any atom is -0.496 e. The Morgan fingerprint density at radius 2 is 2.19 bits per heavy atom. The van der Waals surface area contributed by atoms with Gasteiger partial charge in [-0.3, -0.25) is 19.6 Å². The number of carbonyl (C=O) groups excluding carboxylic acids is 1. The standard InChI is InChI=1S/C21H16ClN5O4S/c1-31-17-7-6-13(8-14(17)11-26-12-15(10-24-26)27(29)30)9-23-25-21(28)20-19(22)16-4-2-3-5-18(16)32-20/h2-10,12H,11H2,1H3,(H,25,28)/b23-9-. The van der Waals surface area contributed by atoms with Crippen molar-refractivity contribution in [3.05, 3.63) is 86.0 Å². The highest BCUT2D eigenvalue weighted by atomic mass is 35.5. The van der Waals surface area contributed by atoms with Gasteiger partial charge < -0.3 is 4.74 Å². The summed E-state index contributed by atoms with van der Waals surface area (Å²) < 4.78 is 7.73. The fourth-order valence-electron chi connectivity index (χ4n) is 3.09. The molecule has 0 atom stereocenters. The Morgan fingerprint density at radius 3 is 2.91 bits per heavy atom. The van der Waals surface area contributed by atoms with Crippen LogP contribution in [0.25, 0.3) is 10.1 Å². The zero-order chi connectivity index (χ0) is 22.7. The Morgan fingerprint density at radius 1 is 1.38 bits per heavy atom. The molecule has 0 spiro atoms. The molecule has 1 N–H and O–H groups in total. The van der Waals surface area contributed by atoms with Crippen LogP contribution in [0.3, 0.4) is 0 Å². The van der Waals surface area contributed by atoms with Crippen molar-refractivity contribution in [1.29, 1.82) is 0 Å². The van der Waals surface area contributed by atoms with E-state index < -0.39 is 10.8 Å². The fraction of sp³-hybridized carbons (Fsp3) is 0.0952. The summed E-state index contributed by atoms with van der Waals surface area (Å²) in [5, 5.41) is 20.1. The number of ether oxygens (including phenoxy) is 1. The maximum atomic E-state index is 12.5. The molecule has 0 aliphatic heterocycles. The van der Waals surface area contributed by atoms with Crippen molar-refractivity contribution in [2.45, 2.75) is 6.54 Å². The average molecular weight is 470 g/mol. The van der Waals surface area contributed by atoms with Crippen LogP contribution < -0.4 is 10.2 Å². The van der Waals surface area contributed by atoms with Crippen LogP contribution in [0, 0.1) is 10.1 Å². The zero-order valence-corrected chi connectivity index (χ0v) is 18.3. The molecule has 11 heteroatoms. The monoisotopic (exact) mass is 469 g/mol. The van der Waals surface area contributed by atoms with Gasteiger partial charge in [0.1, 0.15) is 23.0 Å². The lowest BCUT2D eigenvalue weighted by atomic mass is 10.1. The first-order chi connectivity index (χ1) is 15.5. The van der Waals surface area contributed by atoms with E-state index in [4.69, 9.17) is 16.3 Å². The molecule has 162 valence electrons. The smallest absolute Gasteiger partial charge is 0.307 e. The minimum atomic E-state index is -0.505. The van der Waals surface area contributed by atoms with Gasteiger partial charge >= 0.3 is 5.69 Å². The summed E-state index contributed by atoms with van der Waals surface area (Å²) in [6.07, 6.45) is 4.02. The maximum absolute atomic E-state index is 12.5. The lowest BCUT2D eigenvalue weighted by Gasteiger charge is -2.09. The van der Waals surface area contributed by atoms with Crippen molar-refractivity contribution in [2.24, 2.45) is 5.10 Å². The summed E-state index contributed by atoms with van der Waals surface area (Å²) in [7, 11) is 1.53. The topological polar surface area (TPSA) is 112 Å². The van der Waals surface area contributed by atoms with E-state index in [1.807, 2.05) is 24.3 Å². The third-order valence-electron chi connectivity index (χ3n) is 4.59. The Labute approximate surface area is 191 Å². The molecule has 0 saturated heterocycles. The van der Waals surface area contributed by atoms with Gasteiger partial charge in [0.05, 0.1) is 29.8 Å². The van der Waals surface area contributed by atoms with E-state index in [2.05, 4.69) is 15.6 Å². The number of hydrogen-bond donors (Lipinski definition) is 1. The number of hydrogen-bond acceptors (Lipinski definition) is 7. The van der Waals surface area contributed by atoms with Crippen LogP contribution in [0.1, 0.15) is 20.8 Å². The molecule has 4 aromatic rings. The highest BCUT2D eigenvalue weighted by Gasteiger charge is 2.16. The third kappa shape index (κ3) is 4.46. The van der Waals surface area contributed by atoms with Crippen molar-refractivity contribution in [1.82, 2.24) is 15.2 Å². The molecule has 1 amide bonds. The number of hydrazone groups is 1. The number of carbonyl (C=O) groups is 1. The van der Waals surface area contributed by atoms with Gasteiger partial charge in [0.2, 0.25) is 0 Å². The van der Waals surface area contributed by atoms with Gasteiger partial charge in [0, 0.05) is 15.6 Å². The first-order valence-electron chi connectivity index (χ1n) is 9.30. The van der Waals surface area contributed by atoms with E-state index in [0.717, 1.165) is 15.6 Å². The second kappa shape index (κ2) is 9.16. The van der Waals surface area contributed by atoms with E-state index in [1.54, 1.807) is 18.2 Å². The largest absolute Gasteiger partial charge is 0.496 e. The molecule has 4 rings (SSSR count). The molecule has 0 bridgehead atoms. The van der Waals surface area contributed by atoms with Gasteiger partial charge in [0.15, 0.2) is 0 Å². The Balaban J connectivity index is 1.49. The summed E-state index contributed by atoms with van der Waals surface area (Å²) in [6, 6.07) is 12.8. The molecule has 0 aliphatic rings. The molecule has 9 nitrogen and oxygen atoms in total. The van der Waals surface area contributed by atoms with Crippen LogP contribution in [0.5, 0.6) is 5.75 Å². The maximum Gasteiger partial charge on any atom is 0.307 e. The quantitative estimate of drug-likeness (QED) is 0.243. The highest BCUT2D eigenvalue weighted by molar-refractivity contribution is 7.21. The van der Waals surface area contributed by atoms with Crippen LogP contribution in [-0.4, -0.2) is 33.9 Å².